The Bertz CT molecular complexity index is 984. The van der Waals surface area contributed by atoms with Gasteiger partial charge in [-0.3, -0.25) is 19.0 Å². The van der Waals surface area contributed by atoms with Gasteiger partial charge in [-0.1, -0.05) is 0 Å². The SMILES string of the molecule is CN(C)CCn1nc2n(c(=O)c1=O)CCC21CCN(C(=O)c2ccsc2)CC1. The Balaban J connectivity index is 1.58. The number of aromatic nitrogens is 3. The Kier molecular flexibility index (Phi) is 4.96. The zero-order valence-electron chi connectivity index (χ0n) is 16.3. The summed E-state index contributed by atoms with van der Waals surface area (Å²) in [7, 11) is 3.85. The van der Waals surface area contributed by atoms with Gasteiger partial charge in [-0.15, -0.1) is 0 Å². The Morgan fingerprint density at radius 1 is 1.18 bits per heavy atom. The first-order valence-corrected chi connectivity index (χ1v) is 10.5. The van der Waals surface area contributed by atoms with Crippen molar-refractivity contribution in [1.29, 1.82) is 0 Å². The second-order valence-corrected chi connectivity index (χ2v) is 8.73. The molecule has 2 aromatic rings. The molecule has 0 aliphatic carbocycles. The molecule has 0 bridgehead atoms. The van der Waals surface area contributed by atoms with Crippen molar-refractivity contribution in [3.8, 4) is 0 Å². The van der Waals surface area contributed by atoms with Gasteiger partial charge in [-0.25, -0.2) is 4.68 Å². The monoisotopic (exact) mass is 403 g/mol. The minimum Gasteiger partial charge on any atom is -0.339 e. The largest absolute Gasteiger partial charge is 0.339 e. The molecule has 0 aromatic carbocycles. The first kappa shape index (κ1) is 19.1. The van der Waals surface area contributed by atoms with Crippen LogP contribution in [0.2, 0.25) is 0 Å². The molecule has 4 heterocycles. The van der Waals surface area contributed by atoms with Crippen molar-refractivity contribution < 1.29 is 4.79 Å². The van der Waals surface area contributed by atoms with Crippen molar-refractivity contribution in [2.24, 2.45) is 0 Å². The number of carbonyl (C=O) groups excluding carboxylic acids is 1. The van der Waals surface area contributed by atoms with Crippen LogP contribution in [0.25, 0.3) is 0 Å². The summed E-state index contributed by atoms with van der Waals surface area (Å²) < 4.78 is 2.88. The number of hydrogen-bond acceptors (Lipinski definition) is 6. The predicted molar refractivity (Wildman–Crippen MR) is 107 cm³/mol. The lowest BCUT2D eigenvalue weighted by Crippen LogP contribution is -2.48. The molecule has 0 atom stereocenters. The van der Waals surface area contributed by atoms with Crippen molar-refractivity contribution in [3.05, 3.63) is 48.9 Å². The number of likely N-dealkylation sites (tertiary alicyclic amines) is 1. The molecule has 2 aromatic heterocycles. The van der Waals surface area contributed by atoms with Crippen LogP contribution in [0.5, 0.6) is 0 Å². The summed E-state index contributed by atoms with van der Waals surface area (Å²) in [6.45, 7) is 2.85. The maximum Gasteiger partial charge on any atom is 0.332 e. The van der Waals surface area contributed by atoms with Crippen LogP contribution >= 0.6 is 11.3 Å². The van der Waals surface area contributed by atoms with Crippen LogP contribution in [0.4, 0.5) is 0 Å². The number of rotatable bonds is 4. The van der Waals surface area contributed by atoms with Crippen molar-refractivity contribution in [1.82, 2.24) is 24.1 Å². The van der Waals surface area contributed by atoms with E-state index in [0.29, 0.717) is 32.7 Å². The van der Waals surface area contributed by atoms with Crippen LogP contribution in [0.3, 0.4) is 0 Å². The molecule has 2 aliphatic heterocycles. The molecule has 2 aliphatic rings. The van der Waals surface area contributed by atoms with Crippen LogP contribution < -0.4 is 11.1 Å². The number of likely N-dealkylation sites (N-methyl/N-ethyl adjacent to an activating group) is 1. The molecule has 1 spiro atoms. The summed E-state index contributed by atoms with van der Waals surface area (Å²) in [5.74, 6) is 0.786. The normalized spacial score (nSPS) is 18.0. The highest BCUT2D eigenvalue weighted by Gasteiger charge is 2.45. The summed E-state index contributed by atoms with van der Waals surface area (Å²) in [6, 6.07) is 1.85. The Morgan fingerprint density at radius 2 is 1.89 bits per heavy atom. The van der Waals surface area contributed by atoms with Gasteiger partial charge in [0.25, 0.3) is 5.91 Å². The minimum absolute atomic E-state index is 0.0652. The molecule has 1 saturated heterocycles. The zero-order chi connectivity index (χ0) is 19.9. The van der Waals surface area contributed by atoms with E-state index in [0.717, 1.165) is 30.7 Å². The average Bonchev–Trinajstić information content (AvgIpc) is 3.33. The van der Waals surface area contributed by atoms with Gasteiger partial charge in [0.15, 0.2) is 0 Å². The van der Waals surface area contributed by atoms with E-state index in [9.17, 15) is 14.4 Å². The van der Waals surface area contributed by atoms with E-state index in [4.69, 9.17) is 0 Å². The summed E-state index contributed by atoms with van der Waals surface area (Å²) in [5.41, 5.74) is -0.511. The molecule has 0 saturated carbocycles. The van der Waals surface area contributed by atoms with E-state index >= 15 is 0 Å². The number of carbonyl (C=O) groups is 1. The molecule has 1 fully saturated rings. The number of piperidine rings is 1. The van der Waals surface area contributed by atoms with Crippen LogP contribution in [-0.4, -0.2) is 63.8 Å². The first-order chi connectivity index (χ1) is 13.4. The van der Waals surface area contributed by atoms with Crippen molar-refractivity contribution in [2.45, 2.75) is 37.8 Å². The number of hydrogen-bond donors (Lipinski definition) is 0. The first-order valence-electron chi connectivity index (χ1n) is 9.60. The van der Waals surface area contributed by atoms with Gasteiger partial charge in [0.1, 0.15) is 5.82 Å². The van der Waals surface area contributed by atoms with Gasteiger partial charge >= 0.3 is 11.1 Å². The van der Waals surface area contributed by atoms with Crippen LogP contribution in [0, 0.1) is 0 Å². The lowest BCUT2D eigenvalue weighted by molar-refractivity contribution is 0.0662. The molecule has 0 N–H and O–H groups in total. The van der Waals surface area contributed by atoms with Crippen LogP contribution in [0.15, 0.2) is 26.4 Å². The molecule has 1 amide bonds. The molecule has 4 rings (SSSR count). The molecule has 0 unspecified atom stereocenters. The summed E-state index contributed by atoms with van der Waals surface area (Å²) >= 11 is 1.52. The second kappa shape index (κ2) is 7.29. The number of fused-ring (bicyclic) bond motifs is 2. The van der Waals surface area contributed by atoms with Gasteiger partial charge in [-0.05, 0) is 44.8 Å². The smallest absolute Gasteiger partial charge is 0.332 e. The lowest BCUT2D eigenvalue weighted by Gasteiger charge is -2.38. The third-order valence-electron chi connectivity index (χ3n) is 5.96. The molecular weight excluding hydrogens is 378 g/mol. The Hall–Kier alpha value is -2.26. The highest BCUT2D eigenvalue weighted by atomic mass is 32.1. The van der Waals surface area contributed by atoms with Gasteiger partial charge in [-0.2, -0.15) is 16.4 Å². The zero-order valence-corrected chi connectivity index (χ0v) is 17.1. The maximum absolute atomic E-state index is 12.6. The van der Waals surface area contributed by atoms with E-state index in [1.54, 1.807) is 4.57 Å². The molecule has 150 valence electrons. The van der Waals surface area contributed by atoms with Gasteiger partial charge in [0.2, 0.25) is 0 Å². The fourth-order valence-electron chi connectivity index (χ4n) is 4.20. The summed E-state index contributed by atoms with van der Waals surface area (Å²) in [5, 5.41) is 8.41. The molecule has 28 heavy (non-hydrogen) atoms. The molecule has 9 heteroatoms. The fourth-order valence-corrected chi connectivity index (χ4v) is 4.83. The van der Waals surface area contributed by atoms with E-state index in [-0.39, 0.29) is 11.3 Å². The Labute approximate surface area is 167 Å². The summed E-state index contributed by atoms with van der Waals surface area (Å²) in [6.07, 6.45) is 2.33. The van der Waals surface area contributed by atoms with Crippen molar-refractivity contribution in [3.63, 3.8) is 0 Å². The molecule has 0 radical (unpaired) electrons. The highest BCUT2D eigenvalue weighted by molar-refractivity contribution is 7.08. The number of thiophene rings is 1. The van der Waals surface area contributed by atoms with Gasteiger partial charge in [0.05, 0.1) is 12.1 Å². The predicted octanol–water partition coefficient (Wildman–Crippen LogP) is 0.606. The van der Waals surface area contributed by atoms with Crippen LogP contribution in [-0.2, 0) is 18.5 Å². The maximum atomic E-state index is 12.6. The van der Waals surface area contributed by atoms with Gasteiger partial charge < -0.3 is 9.80 Å². The lowest BCUT2D eigenvalue weighted by atomic mass is 9.76. The third kappa shape index (κ3) is 3.22. The standard InChI is InChI=1S/C19H25N5O3S/c1-21(2)10-11-24-17(27)16(26)23-9-6-19(18(23)20-24)4-7-22(8-5-19)15(25)14-3-12-28-13-14/h3,12-13H,4-11H2,1-2H3. The van der Waals surface area contributed by atoms with E-state index in [2.05, 4.69) is 5.10 Å². The van der Waals surface area contributed by atoms with E-state index < -0.39 is 11.1 Å². The van der Waals surface area contributed by atoms with E-state index in [1.807, 2.05) is 40.7 Å². The highest BCUT2D eigenvalue weighted by Crippen LogP contribution is 2.41. The van der Waals surface area contributed by atoms with Crippen LogP contribution in [0.1, 0.15) is 35.4 Å². The molecule has 8 nitrogen and oxygen atoms in total. The second-order valence-electron chi connectivity index (χ2n) is 7.95. The quantitative estimate of drug-likeness (QED) is 0.699. The number of nitrogens with zero attached hydrogens (tertiary/aromatic N) is 5. The third-order valence-corrected chi connectivity index (χ3v) is 6.64. The van der Waals surface area contributed by atoms with Gasteiger partial charge in [0, 0.05) is 37.0 Å². The summed E-state index contributed by atoms with van der Waals surface area (Å²) in [4.78, 5) is 41.4. The minimum atomic E-state index is -0.548. The fraction of sp³-hybridized carbons (Fsp3) is 0.579. The van der Waals surface area contributed by atoms with Crippen molar-refractivity contribution in [2.75, 3.05) is 33.7 Å². The Morgan fingerprint density at radius 3 is 2.54 bits per heavy atom. The molecular formula is C19H25N5O3S. The van der Waals surface area contributed by atoms with Crippen molar-refractivity contribution >= 4 is 17.2 Å². The van der Waals surface area contributed by atoms with E-state index in [1.165, 1.54) is 16.0 Å². The topological polar surface area (TPSA) is 80.4 Å². The number of amides is 1. The average molecular weight is 404 g/mol.